The fourth-order valence-corrected chi connectivity index (χ4v) is 10.4. The normalized spacial score (nSPS) is 21.9. The number of alkyl carbamates (subject to hydrolysis) is 1. The number of carbonyl (C=O) groups excluding carboxylic acids is 4. The summed E-state index contributed by atoms with van der Waals surface area (Å²) in [5, 5.41) is 3.68. The molecule has 2 saturated heterocycles. The molecule has 9 rings (SSSR count). The van der Waals surface area contributed by atoms with E-state index in [0.717, 1.165) is 99.7 Å². The third-order valence-corrected chi connectivity index (χ3v) is 14.0. The molecule has 4 amide bonds. The molecule has 2 aliphatic carbocycles. The van der Waals surface area contributed by atoms with Crippen LogP contribution in [0.2, 0.25) is 0 Å². The van der Waals surface area contributed by atoms with Gasteiger partial charge in [0, 0.05) is 12.6 Å². The molecule has 2 bridgehead atoms. The summed E-state index contributed by atoms with van der Waals surface area (Å²) in [5.74, 6) is 7.33. The second-order valence-electron chi connectivity index (χ2n) is 18.7. The highest BCUT2D eigenvalue weighted by Gasteiger charge is 2.56. The van der Waals surface area contributed by atoms with Gasteiger partial charge in [-0.2, -0.15) is 0 Å². The number of imidazole rings is 2. The number of hydrogen-bond donors (Lipinski definition) is 4. The monoisotopic (exact) mass is 855 g/mol. The maximum atomic E-state index is 14.0. The van der Waals surface area contributed by atoms with Crippen LogP contribution in [0.4, 0.5) is 9.59 Å². The summed E-state index contributed by atoms with van der Waals surface area (Å²) in [7, 11) is 2.57. The minimum atomic E-state index is -0.857. The highest BCUT2D eigenvalue weighted by molar-refractivity contribution is 5.88. The molecule has 3 aromatic carbocycles. The summed E-state index contributed by atoms with van der Waals surface area (Å²) >= 11 is 0. The maximum absolute atomic E-state index is 14.0. The zero-order chi connectivity index (χ0) is 44.3. The van der Waals surface area contributed by atoms with Gasteiger partial charge in [0.2, 0.25) is 11.8 Å². The number of rotatable bonds is 11. The van der Waals surface area contributed by atoms with Crippen LogP contribution >= 0.6 is 0 Å². The topological polar surface area (TPSA) is 192 Å². The van der Waals surface area contributed by atoms with E-state index in [9.17, 15) is 19.2 Å². The minimum absolute atomic E-state index is 0.0806. The van der Waals surface area contributed by atoms with Gasteiger partial charge in [-0.1, -0.05) is 82.3 Å². The van der Waals surface area contributed by atoms with E-state index in [0.29, 0.717) is 12.5 Å². The van der Waals surface area contributed by atoms with Crippen molar-refractivity contribution in [2.45, 2.75) is 96.4 Å². The lowest BCUT2D eigenvalue weighted by atomic mass is 9.95. The van der Waals surface area contributed by atoms with E-state index < -0.39 is 24.3 Å². The van der Waals surface area contributed by atoms with Crippen LogP contribution in [-0.4, -0.2) is 97.6 Å². The van der Waals surface area contributed by atoms with Crippen LogP contribution in [0.1, 0.15) is 90.0 Å². The van der Waals surface area contributed by atoms with Crippen LogP contribution in [0.3, 0.4) is 0 Å². The van der Waals surface area contributed by atoms with Crippen molar-refractivity contribution in [3.05, 3.63) is 84.6 Å². The predicted molar refractivity (Wildman–Crippen MR) is 237 cm³/mol. The van der Waals surface area contributed by atoms with Crippen molar-refractivity contribution in [2.24, 2.45) is 29.0 Å². The van der Waals surface area contributed by atoms with Gasteiger partial charge >= 0.3 is 12.2 Å². The Morgan fingerprint density at radius 3 is 2.10 bits per heavy atom. The van der Waals surface area contributed by atoms with E-state index in [2.05, 4.69) is 75.9 Å². The quantitative estimate of drug-likeness (QED) is 0.0585. The Hall–Kier alpha value is -6.22. The van der Waals surface area contributed by atoms with Gasteiger partial charge < -0.3 is 34.6 Å². The van der Waals surface area contributed by atoms with Crippen molar-refractivity contribution in [1.82, 2.24) is 40.1 Å². The smallest absolute Gasteiger partial charge is 0.424 e. The molecule has 6 atom stereocenters. The van der Waals surface area contributed by atoms with Crippen LogP contribution in [-0.2, 0) is 19.1 Å². The first-order chi connectivity index (χ1) is 30.3. The highest BCUT2D eigenvalue weighted by atomic mass is 16.5. The standard InChI is InChI=1S/C48H57N9O6/c1-26(2)39(54-46(60)62-5)44(58)56-34-17-15-33(21-34)41(56)43-51-35-18-16-32(22-36(35)52-43)30-9-7-28(8-10-30)29-11-13-31(14-12-29)37-24-50-42(53-37)38-23-48(19-20-48)25-55(38)45(59)40(27(3)4)57(49)47(61)63-6/h7-14,16,18,22,24,26-27,33-34,38-41H,15,17,19-21,23,25,49H2,1-6H3,(H,50,53)(H,51,52)(H,54,60)/t33-,34+,38-,39-,40-,41-/m0/s1. The lowest BCUT2D eigenvalue weighted by Gasteiger charge is -2.37. The number of benzene rings is 3. The fourth-order valence-electron chi connectivity index (χ4n) is 10.4. The largest absolute Gasteiger partial charge is 0.453 e. The molecular formula is C48H57N9O6. The van der Waals surface area contributed by atoms with E-state index in [1.807, 2.05) is 49.8 Å². The number of hydrazine groups is 1. The SMILES string of the molecule is COC(=O)N[C@H](C(=O)N1[C@@H]2CC[C@@H](C2)[C@H]1c1nc2ccc(-c3ccc(-c4ccc(-c5cnc([C@@H]6CC7(CC7)CN6C(=O)[C@H](C(C)C)N(N)C(=O)OC)[nH]5)cc4)cc3)cc2[nH]1)C(C)C. The molecule has 0 radical (unpaired) electrons. The lowest BCUT2D eigenvalue weighted by Crippen LogP contribution is -2.56. The molecule has 330 valence electrons. The number of hydrogen-bond acceptors (Lipinski definition) is 9. The summed E-state index contributed by atoms with van der Waals surface area (Å²) in [5.41, 5.74) is 7.95. The molecule has 2 saturated carbocycles. The van der Waals surface area contributed by atoms with Crippen LogP contribution in [0.15, 0.2) is 72.9 Å². The molecule has 15 nitrogen and oxygen atoms in total. The summed E-state index contributed by atoms with van der Waals surface area (Å²) < 4.78 is 9.68. The van der Waals surface area contributed by atoms with Crippen molar-refractivity contribution >= 4 is 35.0 Å². The zero-order valence-corrected chi connectivity index (χ0v) is 36.8. The van der Waals surface area contributed by atoms with Gasteiger partial charge in [0.25, 0.3) is 0 Å². The van der Waals surface area contributed by atoms with Gasteiger partial charge in [0.1, 0.15) is 23.7 Å². The Bertz CT molecular complexity index is 2530. The number of carbonyl (C=O) groups is 4. The molecule has 2 aliphatic heterocycles. The van der Waals surface area contributed by atoms with E-state index in [1.54, 1.807) is 0 Å². The van der Waals surface area contributed by atoms with Gasteiger partial charge in [0.05, 0.1) is 49.2 Å². The van der Waals surface area contributed by atoms with Crippen molar-refractivity contribution < 1.29 is 28.7 Å². The van der Waals surface area contributed by atoms with Gasteiger partial charge in [-0.3, -0.25) is 9.59 Å². The van der Waals surface area contributed by atoms with E-state index in [4.69, 9.17) is 25.3 Å². The number of fused-ring (bicyclic) bond motifs is 3. The molecule has 4 heterocycles. The van der Waals surface area contributed by atoms with Gasteiger partial charge in [-0.05, 0) is 102 Å². The van der Waals surface area contributed by atoms with E-state index in [1.165, 1.54) is 14.2 Å². The first kappa shape index (κ1) is 42.1. The minimum Gasteiger partial charge on any atom is -0.453 e. The number of aromatic nitrogens is 4. The molecule has 4 aliphatic rings. The highest BCUT2D eigenvalue weighted by Crippen LogP contribution is 2.58. The Kier molecular flexibility index (Phi) is 11.0. The summed E-state index contributed by atoms with van der Waals surface area (Å²) in [4.78, 5) is 73.3. The second-order valence-corrected chi connectivity index (χ2v) is 18.7. The van der Waals surface area contributed by atoms with Gasteiger partial charge in [-0.15, -0.1) is 0 Å². The average molecular weight is 856 g/mol. The van der Waals surface area contributed by atoms with Crippen molar-refractivity contribution in [1.29, 1.82) is 0 Å². The molecule has 0 unspecified atom stereocenters. The number of nitrogens with two attached hydrogens (primary N) is 1. The number of methoxy groups -OCH3 is 2. The van der Waals surface area contributed by atoms with Gasteiger partial charge in [0.15, 0.2) is 0 Å². The second kappa shape index (κ2) is 16.5. The fraction of sp³-hybridized carbons (Fsp3) is 0.458. The summed E-state index contributed by atoms with van der Waals surface area (Å²) in [6.07, 6.45) is 6.32. The molecule has 5 N–H and O–H groups in total. The average Bonchev–Trinajstić information content (AvgIpc) is 3.89. The number of ether oxygens (including phenoxy) is 2. The summed E-state index contributed by atoms with van der Waals surface area (Å²) in [6, 6.07) is 21.2. The zero-order valence-electron chi connectivity index (χ0n) is 36.8. The number of aromatic amines is 2. The number of H-pyrrole nitrogens is 2. The lowest BCUT2D eigenvalue weighted by molar-refractivity contribution is -0.140. The predicted octanol–water partition coefficient (Wildman–Crippen LogP) is 7.74. The van der Waals surface area contributed by atoms with Crippen LogP contribution in [0.25, 0.3) is 44.5 Å². The number of amides is 4. The third kappa shape index (κ3) is 7.80. The van der Waals surface area contributed by atoms with Gasteiger partial charge in [-0.25, -0.2) is 30.4 Å². The Balaban J connectivity index is 0.890. The van der Waals surface area contributed by atoms with Crippen molar-refractivity contribution in [2.75, 3.05) is 20.8 Å². The van der Waals surface area contributed by atoms with E-state index in [-0.39, 0.29) is 47.2 Å². The van der Waals surface area contributed by atoms with Crippen molar-refractivity contribution in [3.63, 3.8) is 0 Å². The van der Waals surface area contributed by atoms with Crippen LogP contribution in [0, 0.1) is 23.2 Å². The first-order valence-electron chi connectivity index (χ1n) is 22.1. The first-order valence-corrected chi connectivity index (χ1v) is 22.1. The van der Waals surface area contributed by atoms with Crippen molar-refractivity contribution in [3.8, 4) is 33.5 Å². The van der Waals surface area contributed by atoms with E-state index >= 15 is 0 Å². The van der Waals surface area contributed by atoms with Crippen LogP contribution < -0.4 is 11.2 Å². The molecule has 4 fully saturated rings. The Morgan fingerprint density at radius 2 is 1.48 bits per heavy atom. The molecule has 2 aromatic heterocycles. The molecule has 5 aromatic rings. The molecular weight excluding hydrogens is 799 g/mol. The third-order valence-electron chi connectivity index (χ3n) is 14.0. The molecule has 63 heavy (non-hydrogen) atoms. The number of piperidine rings is 1. The maximum Gasteiger partial charge on any atom is 0.424 e. The summed E-state index contributed by atoms with van der Waals surface area (Å²) in [6.45, 7) is 8.23. The Labute approximate surface area is 367 Å². The number of nitrogens with one attached hydrogen (secondary N) is 3. The Morgan fingerprint density at radius 1 is 0.825 bits per heavy atom. The molecule has 1 spiro atoms. The van der Waals surface area contributed by atoms with Crippen LogP contribution in [0.5, 0.6) is 0 Å². The molecule has 15 heteroatoms. The number of nitrogens with zero attached hydrogens (tertiary/aromatic N) is 5. The number of likely N-dealkylation sites (tertiary alicyclic amines) is 2.